The molecular formula is C15H17NO4. The van der Waals surface area contributed by atoms with Crippen LogP contribution in [-0.2, 0) is 20.9 Å². The molecule has 0 radical (unpaired) electrons. The molecule has 0 amide bonds. The monoisotopic (exact) mass is 275 g/mol. The summed E-state index contributed by atoms with van der Waals surface area (Å²) in [5.74, 6) is -0.0749. The van der Waals surface area contributed by atoms with Crippen molar-refractivity contribution in [2.45, 2.75) is 20.0 Å². The minimum absolute atomic E-state index is 0.154. The molecule has 20 heavy (non-hydrogen) atoms. The molecule has 5 nitrogen and oxygen atoms in total. The van der Waals surface area contributed by atoms with E-state index < -0.39 is 0 Å². The maximum absolute atomic E-state index is 10.9. The number of benzene rings is 1. The van der Waals surface area contributed by atoms with Gasteiger partial charge in [0, 0.05) is 18.0 Å². The van der Waals surface area contributed by atoms with Gasteiger partial charge in [-0.05, 0) is 17.7 Å². The number of pyridine rings is 1. The van der Waals surface area contributed by atoms with Gasteiger partial charge >= 0.3 is 5.97 Å². The number of ether oxygens (including phenoxy) is 2. The fourth-order valence-corrected chi connectivity index (χ4v) is 1.84. The van der Waals surface area contributed by atoms with E-state index >= 15 is 0 Å². The third kappa shape index (κ3) is 3.45. The lowest BCUT2D eigenvalue weighted by atomic mass is 10.1. The predicted octanol–water partition coefficient (Wildman–Crippen LogP) is 2.41. The van der Waals surface area contributed by atoms with Crippen molar-refractivity contribution in [2.75, 3.05) is 13.2 Å². The lowest BCUT2D eigenvalue weighted by molar-refractivity contribution is -0.144. The highest BCUT2D eigenvalue weighted by Crippen LogP contribution is 2.25. The topological polar surface area (TPSA) is 68.7 Å². The molecule has 0 bridgehead atoms. The van der Waals surface area contributed by atoms with Gasteiger partial charge in [0.15, 0.2) is 0 Å². The molecule has 0 aliphatic heterocycles. The second-order valence-corrected chi connectivity index (χ2v) is 4.27. The van der Waals surface area contributed by atoms with Crippen molar-refractivity contribution < 1.29 is 19.4 Å². The average molecular weight is 275 g/mol. The van der Waals surface area contributed by atoms with Crippen molar-refractivity contribution >= 4 is 16.9 Å². The zero-order valence-electron chi connectivity index (χ0n) is 11.3. The van der Waals surface area contributed by atoms with E-state index in [-0.39, 0.29) is 18.3 Å². The van der Waals surface area contributed by atoms with E-state index in [2.05, 4.69) is 4.98 Å². The van der Waals surface area contributed by atoms with Crippen LogP contribution in [0, 0.1) is 0 Å². The number of hydrogen-bond acceptors (Lipinski definition) is 5. The normalized spacial score (nSPS) is 10.7. The Hall–Kier alpha value is -2.14. The van der Waals surface area contributed by atoms with Crippen molar-refractivity contribution in [3.63, 3.8) is 0 Å². The minimum Gasteiger partial charge on any atom is -0.506 e. The van der Waals surface area contributed by atoms with Crippen LogP contribution in [-0.4, -0.2) is 29.3 Å². The molecule has 1 heterocycles. The molecule has 0 saturated carbocycles. The van der Waals surface area contributed by atoms with E-state index in [9.17, 15) is 9.90 Å². The number of carbonyl (C=O) groups is 1. The van der Waals surface area contributed by atoms with Crippen molar-refractivity contribution in [3.05, 3.63) is 36.0 Å². The molecule has 0 atom stereocenters. The molecule has 0 fully saturated rings. The first-order valence-corrected chi connectivity index (χ1v) is 6.51. The Labute approximate surface area is 117 Å². The summed E-state index contributed by atoms with van der Waals surface area (Å²) in [7, 11) is 0. The van der Waals surface area contributed by atoms with Crippen LogP contribution in [0.15, 0.2) is 30.5 Å². The molecule has 0 unspecified atom stereocenters. The van der Waals surface area contributed by atoms with Crippen LogP contribution in [0.3, 0.4) is 0 Å². The third-order valence-electron chi connectivity index (χ3n) is 2.88. The van der Waals surface area contributed by atoms with E-state index in [0.29, 0.717) is 25.2 Å². The lowest BCUT2D eigenvalue weighted by Gasteiger charge is -2.08. The van der Waals surface area contributed by atoms with Gasteiger partial charge in [0.2, 0.25) is 0 Å². The smallest absolute Gasteiger partial charge is 0.305 e. The number of fused-ring (bicyclic) bond motifs is 1. The van der Waals surface area contributed by atoms with Gasteiger partial charge in [-0.25, -0.2) is 0 Å². The second-order valence-electron chi connectivity index (χ2n) is 4.27. The SMILES string of the molecule is CCC(=O)OCCOCc1ccc(O)c2ncccc12. The average Bonchev–Trinajstić information content (AvgIpc) is 2.49. The van der Waals surface area contributed by atoms with Gasteiger partial charge in [0.1, 0.15) is 17.9 Å². The molecule has 2 rings (SSSR count). The molecule has 2 aromatic rings. The van der Waals surface area contributed by atoms with Crippen LogP contribution in [0.1, 0.15) is 18.9 Å². The predicted molar refractivity (Wildman–Crippen MR) is 74.3 cm³/mol. The number of rotatable bonds is 6. The van der Waals surface area contributed by atoms with Gasteiger partial charge in [-0.2, -0.15) is 0 Å². The zero-order chi connectivity index (χ0) is 14.4. The number of carbonyl (C=O) groups excluding carboxylic acids is 1. The van der Waals surface area contributed by atoms with Gasteiger partial charge in [0.25, 0.3) is 0 Å². The minimum atomic E-state index is -0.229. The van der Waals surface area contributed by atoms with Crippen molar-refractivity contribution in [1.29, 1.82) is 0 Å². The summed E-state index contributed by atoms with van der Waals surface area (Å²) in [4.78, 5) is 15.1. The Morgan fingerprint density at radius 2 is 2.15 bits per heavy atom. The summed E-state index contributed by atoms with van der Waals surface area (Å²) in [5, 5.41) is 10.6. The summed E-state index contributed by atoms with van der Waals surface area (Å²) in [6.45, 7) is 2.72. The summed E-state index contributed by atoms with van der Waals surface area (Å²) in [6, 6.07) is 7.11. The maximum atomic E-state index is 10.9. The molecule has 0 aliphatic rings. The number of nitrogens with zero attached hydrogens (tertiary/aromatic N) is 1. The molecule has 1 N–H and O–H groups in total. The van der Waals surface area contributed by atoms with Gasteiger partial charge < -0.3 is 14.6 Å². The molecular weight excluding hydrogens is 258 g/mol. The number of hydrogen-bond donors (Lipinski definition) is 1. The quantitative estimate of drug-likeness (QED) is 0.647. The highest BCUT2D eigenvalue weighted by molar-refractivity contribution is 5.87. The van der Waals surface area contributed by atoms with Gasteiger partial charge in [0.05, 0.1) is 13.2 Å². The van der Waals surface area contributed by atoms with E-state index in [4.69, 9.17) is 9.47 Å². The Bertz CT molecular complexity index is 597. The van der Waals surface area contributed by atoms with Crippen molar-refractivity contribution in [3.8, 4) is 5.75 Å². The summed E-state index contributed by atoms with van der Waals surface area (Å²) < 4.78 is 10.4. The fraction of sp³-hybridized carbons (Fsp3) is 0.333. The van der Waals surface area contributed by atoms with Crippen LogP contribution in [0.2, 0.25) is 0 Å². The molecule has 1 aromatic carbocycles. The van der Waals surface area contributed by atoms with Crippen LogP contribution in [0.5, 0.6) is 5.75 Å². The Balaban J connectivity index is 1.94. The van der Waals surface area contributed by atoms with E-state index in [1.165, 1.54) is 0 Å². The first-order valence-electron chi connectivity index (χ1n) is 6.51. The lowest BCUT2D eigenvalue weighted by Crippen LogP contribution is -2.09. The number of phenolic OH excluding ortho intramolecular Hbond substituents is 1. The Morgan fingerprint density at radius 3 is 2.95 bits per heavy atom. The van der Waals surface area contributed by atoms with Gasteiger partial charge in [-0.1, -0.05) is 19.1 Å². The number of esters is 1. The Kier molecular flexibility index (Phi) is 4.90. The van der Waals surface area contributed by atoms with Crippen LogP contribution >= 0.6 is 0 Å². The molecule has 0 aliphatic carbocycles. The van der Waals surface area contributed by atoms with E-state index in [1.807, 2.05) is 12.1 Å². The standard InChI is InChI=1S/C15H17NO4/c1-2-14(18)20-9-8-19-10-11-5-6-13(17)15-12(11)4-3-7-16-15/h3-7,17H,2,8-10H2,1H3. The molecule has 0 saturated heterocycles. The summed E-state index contributed by atoms with van der Waals surface area (Å²) in [5.41, 5.74) is 1.50. The van der Waals surface area contributed by atoms with Gasteiger partial charge in [-0.3, -0.25) is 9.78 Å². The molecule has 106 valence electrons. The van der Waals surface area contributed by atoms with E-state index in [0.717, 1.165) is 10.9 Å². The maximum Gasteiger partial charge on any atom is 0.305 e. The molecule has 5 heteroatoms. The number of aromatic hydroxyl groups is 1. The molecule has 1 aromatic heterocycles. The van der Waals surface area contributed by atoms with Crippen LogP contribution in [0.25, 0.3) is 10.9 Å². The largest absolute Gasteiger partial charge is 0.506 e. The van der Waals surface area contributed by atoms with Crippen molar-refractivity contribution in [1.82, 2.24) is 4.98 Å². The van der Waals surface area contributed by atoms with Crippen LogP contribution < -0.4 is 0 Å². The van der Waals surface area contributed by atoms with Crippen molar-refractivity contribution in [2.24, 2.45) is 0 Å². The highest BCUT2D eigenvalue weighted by atomic mass is 16.6. The number of aromatic nitrogens is 1. The number of phenols is 1. The Morgan fingerprint density at radius 1 is 1.30 bits per heavy atom. The summed E-state index contributed by atoms with van der Waals surface area (Å²) in [6.07, 6.45) is 2.01. The van der Waals surface area contributed by atoms with Gasteiger partial charge in [-0.15, -0.1) is 0 Å². The highest BCUT2D eigenvalue weighted by Gasteiger charge is 2.06. The summed E-state index contributed by atoms with van der Waals surface area (Å²) >= 11 is 0. The first kappa shape index (κ1) is 14.3. The third-order valence-corrected chi connectivity index (χ3v) is 2.88. The second kappa shape index (κ2) is 6.86. The molecule has 0 spiro atoms. The zero-order valence-corrected chi connectivity index (χ0v) is 11.3. The van der Waals surface area contributed by atoms with Crippen LogP contribution in [0.4, 0.5) is 0 Å². The fourth-order valence-electron chi connectivity index (χ4n) is 1.84. The first-order chi connectivity index (χ1) is 9.72. The van der Waals surface area contributed by atoms with E-state index in [1.54, 1.807) is 25.3 Å².